The third-order valence-corrected chi connectivity index (χ3v) is 3.78. The zero-order chi connectivity index (χ0) is 13.3. The first-order chi connectivity index (χ1) is 8.79. The maximum absolute atomic E-state index is 5.20. The lowest BCUT2D eigenvalue weighted by Gasteiger charge is -2.34. The van der Waals surface area contributed by atoms with Gasteiger partial charge in [-0.2, -0.15) is 0 Å². The third kappa shape index (κ3) is 4.11. The quantitative estimate of drug-likeness (QED) is 0.678. The van der Waals surface area contributed by atoms with Gasteiger partial charge in [-0.3, -0.25) is 0 Å². The van der Waals surface area contributed by atoms with E-state index in [9.17, 15) is 0 Å². The van der Waals surface area contributed by atoms with Crippen molar-refractivity contribution in [3.63, 3.8) is 0 Å². The minimum absolute atomic E-state index is 0.246. The van der Waals surface area contributed by atoms with Crippen molar-refractivity contribution in [2.24, 2.45) is 0 Å². The molecule has 1 unspecified atom stereocenters. The first kappa shape index (κ1) is 15.2. The number of ether oxygens (including phenoxy) is 1. The summed E-state index contributed by atoms with van der Waals surface area (Å²) in [6, 6.07) is 10.9. The molecule has 0 spiro atoms. The highest BCUT2D eigenvalue weighted by Gasteiger charge is 2.29. The van der Waals surface area contributed by atoms with E-state index in [1.165, 1.54) is 12.0 Å². The molecule has 0 saturated carbocycles. The first-order valence-electron chi connectivity index (χ1n) is 7.04. The molecule has 0 radical (unpaired) electrons. The molecule has 0 aliphatic heterocycles. The molecule has 0 aliphatic rings. The fraction of sp³-hybridized carbons (Fsp3) is 0.625. The molecule has 102 valence electrons. The lowest BCUT2D eigenvalue weighted by atomic mass is 9.74. The number of hydrogen-bond acceptors (Lipinski definition) is 2. The Morgan fingerprint density at radius 2 is 1.89 bits per heavy atom. The second-order valence-corrected chi connectivity index (χ2v) is 4.88. The van der Waals surface area contributed by atoms with Gasteiger partial charge < -0.3 is 10.1 Å². The van der Waals surface area contributed by atoms with E-state index in [1.807, 2.05) is 0 Å². The number of rotatable bonds is 9. The van der Waals surface area contributed by atoms with Crippen LogP contribution < -0.4 is 5.32 Å². The summed E-state index contributed by atoms with van der Waals surface area (Å²) in [6.07, 6.45) is 3.45. The maximum Gasteiger partial charge on any atom is 0.0462 e. The van der Waals surface area contributed by atoms with Crippen LogP contribution in [0.4, 0.5) is 0 Å². The van der Waals surface area contributed by atoms with Gasteiger partial charge in [-0.05, 0) is 31.4 Å². The number of nitrogens with one attached hydrogen (secondary N) is 1. The molecule has 0 bridgehead atoms. The summed E-state index contributed by atoms with van der Waals surface area (Å²) in [4.78, 5) is 0. The van der Waals surface area contributed by atoms with Crippen molar-refractivity contribution in [3.8, 4) is 0 Å². The molecular weight excluding hydrogens is 222 g/mol. The molecular formula is C16H27NO. The molecule has 0 amide bonds. The molecule has 1 atom stereocenters. The number of hydrogen-bond donors (Lipinski definition) is 1. The summed E-state index contributed by atoms with van der Waals surface area (Å²) in [5.74, 6) is 0. The molecule has 0 fully saturated rings. The van der Waals surface area contributed by atoms with Crippen molar-refractivity contribution in [3.05, 3.63) is 35.9 Å². The second kappa shape index (κ2) is 8.28. The molecule has 2 heteroatoms. The van der Waals surface area contributed by atoms with Gasteiger partial charge in [0.1, 0.15) is 0 Å². The van der Waals surface area contributed by atoms with Crippen molar-refractivity contribution in [2.75, 3.05) is 26.8 Å². The summed E-state index contributed by atoms with van der Waals surface area (Å²) >= 11 is 0. The fourth-order valence-electron chi connectivity index (χ4n) is 2.55. The minimum atomic E-state index is 0.246. The van der Waals surface area contributed by atoms with Gasteiger partial charge in [0, 0.05) is 25.7 Å². The second-order valence-electron chi connectivity index (χ2n) is 4.88. The highest BCUT2D eigenvalue weighted by molar-refractivity contribution is 5.25. The Kier molecular flexibility index (Phi) is 6.99. The molecule has 18 heavy (non-hydrogen) atoms. The van der Waals surface area contributed by atoms with Crippen LogP contribution in [0.2, 0.25) is 0 Å². The van der Waals surface area contributed by atoms with Gasteiger partial charge in [0.05, 0.1) is 0 Å². The van der Waals surface area contributed by atoms with Crippen molar-refractivity contribution in [1.82, 2.24) is 5.32 Å². The van der Waals surface area contributed by atoms with Crippen LogP contribution in [0.15, 0.2) is 30.3 Å². The van der Waals surface area contributed by atoms with Crippen LogP contribution in [0.1, 0.15) is 38.7 Å². The van der Waals surface area contributed by atoms with Crippen LogP contribution in [0, 0.1) is 0 Å². The Morgan fingerprint density at radius 1 is 1.17 bits per heavy atom. The van der Waals surface area contributed by atoms with Gasteiger partial charge in [0.2, 0.25) is 0 Å². The maximum atomic E-state index is 5.20. The van der Waals surface area contributed by atoms with Gasteiger partial charge in [0.25, 0.3) is 0 Å². The van der Waals surface area contributed by atoms with Gasteiger partial charge in [0.15, 0.2) is 0 Å². The highest BCUT2D eigenvalue weighted by atomic mass is 16.5. The van der Waals surface area contributed by atoms with Gasteiger partial charge in [-0.1, -0.05) is 44.2 Å². The van der Waals surface area contributed by atoms with Crippen LogP contribution in [0.25, 0.3) is 0 Å². The highest BCUT2D eigenvalue weighted by Crippen LogP contribution is 2.32. The van der Waals surface area contributed by atoms with E-state index in [0.717, 1.165) is 32.5 Å². The van der Waals surface area contributed by atoms with Crippen LogP contribution in [0.5, 0.6) is 0 Å². The van der Waals surface area contributed by atoms with Crippen molar-refractivity contribution in [1.29, 1.82) is 0 Å². The van der Waals surface area contributed by atoms with Crippen molar-refractivity contribution in [2.45, 2.75) is 38.5 Å². The predicted octanol–water partition coefficient (Wildman–Crippen LogP) is 3.37. The Hall–Kier alpha value is -0.860. The van der Waals surface area contributed by atoms with Crippen LogP contribution in [-0.4, -0.2) is 26.8 Å². The van der Waals surface area contributed by atoms with E-state index in [4.69, 9.17) is 4.74 Å². The molecule has 0 heterocycles. The lowest BCUT2D eigenvalue weighted by Crippen LogP contribution is -2.38. The standard InChI is InChI=1S/C16H27NO/c1-4-16(14-17-5-2,12-9-13-18-3)15-10-7-6-8-11-15/h6-8,10-11,17H,4-5,9,12-14H2,1-3H3. The first-order valence-corrected chi connectivity index (χ1v) is 7.04. The summed E-state index contributed by atoms with van der Waals surface area (Å²) in [5.41, 5.74) is 1.69. The van der Waals surface area contributed by atoms with Crippen molar-refractivity contribution < 1.29 is 4.74 Å². The SMILES string of the molecule is CCNCC(CC)(CCCOC)c1ccccc1. The average molecular weight is 249 g/mol. The molecule has 2 nitrogen and oxygen atoms in total. The summed E-state index contributed by atoms with van der Waals surface area (Å²) in [6.45, 7) is 7.38. The normalized spacial score (nSPS) is 14.4. The van der Waals surface area contributed by atoms with E-state index in [0.29, 0.717) is 0 Å². The Bertz CT molecular complexity index is 312. The summed E-state index contributed by atoms with van der Waals surface area (Å²) < 4.78 is 5.20. The van der Waals surface area contributed by atoms with Crippen LogP contribution >= 0.6 is 0 Å². The van der Waals surface area contributed by atoms with Gasteiger partial charge in [-0.25, -0.2) is 0 Å². The fourth-order valence-corrected chi connectivity index (χ4v) is 2.55. The Labute approximate surface area is 112 Å². The Morgan fingerprint density at radius 3 is 2.44 bits per heavy atom. The van der Waals surface area contributed by atoms with E-state index in [2.05, 4.69) is 49.5 Å². The molecule has 1 aromatic carbocycles. The zero-order valence-corrected chi connectivity index (χ0v) is 12.0. The van der Waals surface area contributed by atoms with E-state index < -0.39 is 0 Å². The topological polar surface area (TPSA) is 21.3 Å². The molecule has 0 aliphatic carbocycles. The molecule has 1 N–H and O–H groups in total. The van der Waals surface area contributed by atoms with Crippen LogP contribution in [-0.2, 0) is 10.2 Å². The van der Waals surface area contributed by atoms with E-state index in [1.54, 1.807) is 7.11 Å². The Balaban J connectivity index is 2.83. The number of likely N-dealkylation sites (N-methyl/N-ethyl adjacent to an activating group) is 1. The number of methoxy groups -OCH3 is 1. The monoisotopic (exact) mass is 249 g/mol. The molecule has 0 aromatic heterocycles. The smallest absolute Gasteiger partial charge is 0.0462 e. The minimum Gasteiger partial charge on any atom is -0.385 e. The van der Waals surface area contributed by atoms with E-state index >= 15 is 0 Å². The average Bonchev–Trinajstić information content (AvgIpc) is 2.44. The number of benzene rings is 1. The summed E-state index contributed by atoms with van der Waals surface area (Å²) in [5, 5.41) is 3.52. The molecule has 0 saturated heterocycles. The van der Waals surface area contributed by atoms with Gasteiger partial charge >= 0.3 is 0 Å². The van der Waals surface area contributed by atoms with Crippen molar-refractivity contribution >= 4 is 0 Å². The van der Waals surface area contributed by atoms with Gasteiger partial charge in [-0.15, -0.1) is 0 Å². The third-order valence-electron chi connectivity index (χ3n) is 3.78. The predicted molar refractivity (Wildman–Crippen MR) is 78.1 cm³/mol. The van der Waals surface area contributed by atoms with E-state index in [-0.39, 0.29) is 5.41 Å². The molecule has 1 rings (SSSR count). The lowest BCUT2D eigenvalue weighted by molar-refractivity contribution is 0.180. The summed E-state index contributed by atoms with van der Waals surface area (Å²) in [7, 11) is 1.78. The largest absolute Gasteiger partial charge is 0.385 e. The zero-order valence-electron chi connectivity index (χ0n) is 12.0. The van der Waals surface area contributed by atoms with Crippen LogP contribution in [0.3, 0.4) is 0 Å². The molecule has 1 aromatic rings.